The van der Waals surface area contributed by atoms with E-state index in [1.165, 1.54) is 10.9 Å². The predicted molar refractivity (Wildman–Crippen MR) is 114 cm³/mol. The van der Waals surface area contributed by atoms with Crippen molar-refractivity contribution in [1.82, 2.24) is 9.88 Å². The molecular weight excluding hydrogens is 362 g/mol. The number of hydrogen-bond donors (Lipinski definition) is 0. The molecular formula is C24H25N3O2. The molecule has 0 bridgehead atoms. The van der Waals surface area contributed by atoms with E-state index >= 15 is 0 Å². The number of pyridine rings is 1. The number of benzene rings is 2. The van der Waals surface area contributed by atoms with Crippen LogP contribution < -0.4 is 4.90 Å². The average molecular weight is 387 g/mol. The van der Waals surface area contributed by atoms with Gasteiger partial charge in [0.15, 0.2) is 0 Å². The minimum absolute atomic E-state index is 0.0500. The van der Waals surface area contributed by atoms with Crippen LogP contribution in [0.15, 0.2) is 66.9 Å². The van der Waals surface area contributed by atoms with E-state index in [1.807, 2.05) is 47.5 Å². The molecule has 3 heterocycles. The first-order valence-corrected chi connectivity index (χ1v) is 10.3. The van der Waals surface area contributed by atoms with Gasteiger partial charge in [0.2, 0.25) is 0 Å². The summed E-state index contributed by atoms with van der Waals surface area (Å²) in [5.41, 5.74) is 3.09. The normalized spacial score (nSPS) is 19.7. The molecule has 1 spiro atoms. The molecule has 2 aliphatic rings. The van der Waals surface area contributed by atoms with Crippen LogP contribution >= 0.6 is 0 Å². The van der Waals surface area contributed by atoms with Crippen LogP contribution in [0.5, 0.6) is 0 Å². The number of hydrogen-bond acceptors (Lipinski definition) is 4. The highest BCUT2D eigenvalue weighted by atomic mass is 16.5. The van der Waals surface area contributed by atoms with Gasteiger partial charge in [-0.1, -0.05) is 30.3 Å². The van der Waals surface area contributed by atoms with Crippen molar-refractivity contribution in [3.8, 4) is 0 Å². The van der Waals surface area contributed by atoms with Gasteiger partial charge >= 0.3 is 0 Å². The van der Waals surface area contributed by atoms with E-state index in [4.69, 9.17) is 4.74 Å². The van der Waals surface area contributed by atoms with Crippen LogP contribution in [0.1, 0.15) is 18.4 Å². The van der Waals surface area contributed by atoms with Gasteiger partial charge in [-0.25, -0.2) is 0 Å². The number of piperidine rings is 1. The van der Waals surface area contributed by atoms with E-state index in [-0.39, 0.29) is 18.1 Å². The molecule has 2 fully saturated rings. The van der Waals surface area contributed by atoms with Crippen LogP contribution in [0.3, 0.4) is 0 Å². The van der Waals surface area contributed by atoms with Crippen LogP contribution in [0.2, 0.25) is 0 Å². The first-order chi connectivity index (χ1) is 14.2. The maximum Gasteiger partial charge on any atom is 0.253 e. The molecule has 0 saturated carbocycles. The number of anilines is 1. The number of aromatic nitrogens is 1. The summed E-state index contributed by atoms with van der Waals surface area (Å²) in [5, 5.41) is 1.19. The number of carbonyl (C=O) groups is 1. The summed E-state index contributed by atoms with van der Waals surface area (Å²) in [6.45, 7) is 3.70. The largest absolute Gasteiger partial charge is 0.363 e. The number of rotatable bonds is 3. The van der Waals surface area contributed by atoms with Crippen LogP contribution in [0, 0.1) is 0 Å². The fourth-order valence-corrected chi connectivity index (χ4v) is 4.46. The van der Waals surface area contributed by atoms with Crippen molar-refractivity contribution in [3.05, 3.63) is 72.4 Å². The van der Waals surface area contributed by atoms with Crippen molar-refractivity contribution < 1.29 is 9.53 Å². The lowest BCUT2D eigenvalue weighted by molar-refractivity contribution is -0.144. The van der Waals surface area contributed by atoms with Gasteiger partial charge in [-0.05, 0) is 48.7 Å². The van der Waals surface area contributed by atoms with Crippen LogP contribution in [0.25, 0.3) is 10.9 Å². The number of carbonyl (C=O) groups excluding carboxylic acids is 1. The van der Waals surface area contributed by atoms with Crippen LogP contribution in [-0.2, 0) is 16.1 Å². The van der Waals surface area contributed by atoms with E-state index in [2.05, 4.69) is 34.1 Å². The summed E-state index contributed by atoms with van der Waals surface area (Å²) in [4.78, 5) is 21.2. The average Bonchev–Trinajstić information content (AvgIpc) is 2.78. The third-order valence-corrected chi connectivity index (χ3v) is 6.16. The number of likely N-dealkylation sites (tertiary alicyclic amines) is 1. The fraction of sp³-hybridized carbons (Fsp3) is 0.333. The first kappa shape index (κ1) is 18.3. The Hall–Kier alpha value is -2.76. The molecule has 5 heteroatoms. The zero-order valence-electron chi connectivity index (χ0n) is 16.5. The molecule has 2 saturated heterocycles. The number of nitrogens with zero attached hydrogens (tertiary/aromatic N) is 3. The fourth-order valence-electron chi connectivity index (χ4n) is 4.46. The minimum Gasteiger partial charge on any atom is -0.363 e. The highest BCUT2D eigenvalue weighted by Crippen LogP contribution is 2.33. The maximum absolute atomic E-state index is 12.4. The van der Waals surface area contributed by atoms with E-state index in [0.29, 0.717) is 6.54 Å². The number of para-hydroxylation sites is 1. The van der Waals surface area contributed by atoms with Crippen molar-refractivity contribution in [3.63, 3.8) is 0 Å². The molecule has 2 aromatic carbocycles. The van der Waals surface area contributed by atoms with Crippen molar-refractivity contribution in [2.75, 3.05) is 31.1 Å². The van der Waals surface area contributed by atoms with Crippen LogP contribution in [-0.4, -0.2) is 47.6 Å². The molecule has 3 aromatic rings. The second-order valence-corrected chi connectivity index (χ2v) is 8.09. The third kappa shape index (κ3) is 3.76. The lowest BCUT2D eigenvalue weighted by Gasteiger charge is -2.47. The third-order valence-electron chi connectivity index (χ3n) is 6.16. The Morgan fingerprint density at radius 2 is 1.83 bits per heavy atom. The van der Waals surface area contributed by atoms with E-state index in [0.717, 1.165) is 43.7 Å². The van der Waals surface area contributed by atoms with Crippen molar-refractivity contribution in [1.29, 1.82) is 0 Å². The number of ether oxygens (including phenoxy) is 1. The summed E-state index contributed by atoms with van der Waals surface area (Å²) in [6, 6.07) is 20.5. The van der Waals surface area contributed by atoms with E-state index in [9.17, 15) is 4.79 Å². The molecule has 1 aromatic heterocycles. The van der Waals surface area contributed by atoms with Gasteiger partial charge in [0, 0.05) is 36.9 Å². The monoisotopic (exact) mass is 387 g/mol. The molecule has 2 aliphatic heterocycles. The molecule has 29 heavy (non-hydrogen) atoms. The minimum atomic E-state index is -0.229. The molecule has 0 aliphatic carbocycles. The van der Waals surface area contributed by atoms with E-state index in [1.54, 1.807) is 0 Å². The van der Waals surface area contributed by atoms with Gasteiger partial charge in [0.25, 0.3) is 5.91 Å². The SMILES string of the molecule is O=C1COC2(CCN(Cc3ccc4ncccc4c3)CC2)CN1c1ccccc1. The molecule has 5 rings (SSSR count). The summed E-state index contributed by atoms with van der Waals surface area (Å²) in [6.07, 6.45) is 3.72. The Morgan fingerprint density at radius 3 is 2.66 bits per heavy atom. The van der Waals surface area contributed by atoms with Crippen molar-refractivity contribution in [2.24, 2.45) is 0 Å². The van der Waals surface area contributed by atoms with Gasteiger partial charge in [-0.15, -0.1) is 0 Å². The van der Waals surface area contributed by atoms with Gasteiger partial charge in [0.1, 0.15) is 6.61 Å². The van der Waals surface area contributed by atoms with Gasteiger partial charge in [0.05, 0.1) is 17.7 Å². The van der Waals surface area contributed by atoms with Gasteiger partial charge in [-0.2, -0.15) is 0 Å². The zero-order chi connectivity index (χ0) is 19.7. The first-order valence-electron chi connectivity index (χ1n) is 10.3. The molecule has 0 unspecified atom stereocenters. The van der Waals surface area contributed by atoms with E-state index < -0.39 is 0 Å². The number of morpholine rings is 1. The molecule has 5 nitrogen and oxygen atoms in total. The highest BCUT2D eigenvalue weighted by molar-refractivity contribution is 5.95. The molecule has 0 atom stereocenters. The van der Waals surface area contributed by atoms with Gasteiger partial charge in [-0.3, -0.25) is 14.7 Å². The Morgan fingerprint density at radius 1 is 1.00 bits per heavy atom. The highest BCUT2D eigenvalue weighted by Gasteiger charge is 2.42. The Labute approximate surface area is 170 Å². The lowest BCUT2D eigenvalue weighted by atomic mass is 9.88. The Balaban J connectivity index is 1.25. The quantitative estimate of drug-likeness (QED) is 0.688. The number of amides is 1. The second kappa shape index (κ2) is 7.58. The molecule has 148 valence electrons. The summed E-state index contributed by atoms with van der Waals surface area (Å²) >= 11 is 0. The number of fused-ring (bicyclic) bond motifs is 1. The van der Waals surface area contributed by atoms with Crippen LogP contribution in [0.4, 0.5) is 5.69 Å². The molecule has 0 radical (unpaired) electrons. The topological polar surface area (TPSA) is 45.7 Å². The summed E-state index contributed by atoms with van der Waals surface area (Å²) in [5.74, 6) is 0.0500. The van der Waals surface area contributed by atoms with Crippen molar-refractivity contribution >= 4 is 22.5 Å². The smallest absolute Gasteiger partial charge is 0.253 e. The molecule has 0 N–H and O–H groups in total. The van der Waals surface area contributed by atoms with Crippen molar-refractivity contribution in [2.45, 2.75) is 25.0 Å². The van der Waals surface area contributed by atoms with Gasteiger partial charge < -0.3 is 9.64 Å². The second-order valence-electron chi connectivity index (χ2n) is 8.09. The maximum atomic E-state index is 12.4. The predicted octanol–water partition coefficient (Wildman–Crippen LogP) is 3.63. The molecule has 1 amide bonds. The summed E-state index contributed by atoms with van der Waals surface area (Å²) < 4.78 is 6.10. The Bertz CT molecular complexity index is 1010. The lowest BCUT2D eigenvalue weighted by Crippen LogP contribution is -2.58. The Kier molecular flexibility index (Phi) is 4.78. The standard InChI is InChI=1S/C24H25N3O2/c28-23-17-29-24(18-27(23)21-6-2-1-3-7-21)10-13-26(14-11-24)16-19-8-9-22-20(15-19)5-4-12-25-22/h1-9,12,15H,10-11,13-14,16-18H2. The zero-order valence-corrected chi connectivity index (χ0v) is 16.5. The summed E-state index contributed by atoms with van der Waals surface area (Å²) in [7, 11) is 0.